The number of unbranched alkanes of at least 4 members (excludes halogenated alkanes) is 80. The minimum absolute atomic E-state index is 0. The number of thiol groups is 1. The van der Waals surface area contributed by atoms with E-state index in [9.17, 15) is 0 Å². The molecular formula is C96H196MoOS2. The van der Waals surface area contributed by atoms with E-state index in [2.05, 4.69) is 34.6 Å². The fourth-order valence-electron chi connectivity index (χ4n) is 16.9. The Morgan fingerprint density at radius 2 is 0.260 bits per heavy atom. The summed E-state index contributed by atoms with van der Waals surface area (Å²) in [6.07, 6.45) is 123. The Bertz CT molecular complexity index is 1350. The van der Waals surface area contributed by atoms with Crippen LogP contribution in [0.4, 0.5) is 0 Å². The van der Waals surface area contributed by atoms with E-state index >= 15 is 0 Å². The molecule has 0 bridgehead atoms. The van der Waals surface area contributed by atoms with Gasteiger partial charge in [-0.25, -0.2) is 8.75 Å². The first kappa shape index (κ1) is 103. The average Bonchev–Trinajstić information content (AvgIpc) is 0.750. The van der Waals surface area contributed by atoms with Crippen LogP contribution >= 0.6 is 21.4 Å². The summed E-state index contributed by atoms with van der Waals surface area (Å²) in [5.74, 6) is 5.74. The second-order valence-corrected chi connectivity index (χ2v) is 40.3. The predicted octanol–water partition coefficient (Wildman–Crippen LogP) is 36.6. The summed E-state index contributed by atoms with van der Waals surface area (Å²) in [7, 11) is -2.10. The summed E-state index contributed by atoms with van der Waals surface area (Å²) in [5.41, 5.74) is 0. The third-order valence-corrected chi connectivity index (χ3v) is 32.3. The average molecular weight is 1530 g/mol. The van der Waals surface area contributed by atoms with E-state index < -0.39 is 8.75 Å². The molecule has 0 radical (unpaired) electrons. The first-order valence-corrected chi connectivity index (χ1v) is 51.3. The zero-order chi connectivity index (χ0) is 71.4. The van der Waals surface area contributed by atoms with Crippen molar-refractivity contribution < 1.29 is 25.8 Å². The summed E-state index contributed by atoms with van der Waals surface area (Å²) in [4.78, 5) is 0. The normalized spacial score (nSPS) is 12.3. The summed E-state index contributed by atoms with van der Waals surface area (Å²) in [6, 6.07) is 0. The van der Waals surface area contributed by atoms with E-state index in [4.69, 9.17) is 17.4 Å². The molecule has 0 heterocycles. The second-order valence-electron chi connectivity index (χ2n) is 34.0. The van der Waals surface area contributed by atoms with Gasteiger partial charge in [0.05, 0.1) is 6.61 Å². The van der Waals surface area contributed by atoms with E-state index in [1.54, 1.807) is 0 Å². The molecule has 0 N–H and O–H groups in total. The minimum Gasteiger partial charge on any atom is -0.336 e. The van der Waals surface area contributed by atoms with Gasteiger partial charge < -0.3 is 4.74 Å². The zero-order valence-electron chi connectivity index (χ0n) is 70.8. The van der Waals surface area contributed by atoms with Gasteiger partial charge in [-0.3, -0.25) is 0 Å². The SMILES string of the molecule is CCCCCCCCCCCCCCCCCCCOC(S)=S(CCCCCCCCCCCCCCCCCCC)(CCCCCCCCCCCCCCCCCCC)(CCCCCCCCCCCCCCCCCCC)CCCCCCCCCCCCCCCCCCC.[Mo]. The van der Waals surface area contributed by atoms with Gasteiger partial charge in [-0.1, -0.05) is 548 Å². The largest absolute Gasteiger partial charge is 0.336 e. The minimum atomic E-state index is -2.10. The van der Waals surface area contributed by atoms with Crippen molar-refractivity contribution in [3.05, 3.63) is 0 Å². The molecule has 0 saturated heterocycles. The molecule has 0 aliphatic rings. The zero-order valence-corrected chi connectivity index (χ0v) is 74.5. The van der Waals surface area contributed by atoms with Gasteiger partial charge in [-0.2, -0.15) is 0 Å². The fraction of sp³-hybridized carbons (Fsp3) is 0.990. The van der Waals surface area contributed by atoms with Crippen LogP contribution in [0.1, 0.15) is 580 Å². The van der Waals surface area contributed by atoms with Crippen LogP contribution in [0.3, 0.4) is 0 Å². The van der Waals surface area contributed by atoms with Crippen molar-refractivity contribution in [1.82, 2.24) is 0 Å². The smallest absolute Gasteiger partial charge is 0.116 e. The van der Waals surface area contributed by atoms with Crippen molar-refractivity contribution in [2.24, 2.45) is 0 Å². The molecular weight excluding hydrogens is 1330 g/mol. The summed E-state index contributed by atoms with van der Waals surface area (Å²) < 4.78 is 8.74. The Labute approximate surface area is 656 Å². The van der Waals surface area contributed by atoms with E-state index in [-0.39, 0.29) is 21.1 Å². The first-order chi connectivity index (χ1) is 49.0. The Morgan fingerprint density at radius 1 is 0.160 bits per heavy atom. The maximum absolute atomic E-state index is 7.40. The number of hydrogen-bond acceptors (Lipinski definition) is 1. The molecule has 0 unspecified atom stereocenters. The Morgan fingerprint density at radius 3 is 0.380 bits per heavy atom. The van der Waals surface area contributed by atoms with Crippen molar-refractivity contribution in [2.45, 2.75) is 580 Å². The Balaban J connectivity index is 0. The van der Waals surface area contributed by atoms with E-state index in [0.29, 0.717) is 0 Å². The fourth-order valence-corrected chi connectivity index (χ4v) is 24.3. The van der Waals surface area contributed by atoms with Gasteiger partial charge in [0.1, 0.15) is 4.38 Å². The molecule has 0 spiro atoms. The van der Waals surface area contributed by atoms with Crippen LogP contribution in [-0.4, -0.2) is 34.0 Å². The van der Waals surface area contributed by atoms with Crippen LogP contribution in [0, 0.1) is 0 Å². The molecule has 0 aliphatic heterocycles. The molecule has 0 aliphatic carbocycles. The molecule has 1 nitrogen and oxygen atoms in total. The predicted molar refractivity (Wildman–Crippen MR) is 468 cm³/mol. The van der Waals surface area contributed by atoms with Crippen molar-refractivity contribution in [1.29, 1.82) is 0 Å². The molecule has 0 aromatic rings. The quantitative estimate of drug-likeness (QED) is 0.0276. The summed E-state index contributed by atoms with van der Waals surface area (Å²) in [6.45, 7) is 12.6. The van der Waals surface area contributed by atoms with Gasteiger partial charge in [-0.15, -0.1) is 12.6 Å². The Hall–Kier alpha value is 1.22. The Kier molecular flexibility index (Phi) is 92.0. The third-order valence-electron chi connectivity index (χ3n) is 24.1. The third kappa shape index (κ3) is 74.7. The van der Waals surface area contributed by atoms with Gasteiger partial charge >= 0.3 is 0 Å². The van der Waals surface area contributed by atoms with Gasteiger partial charge in [0.2, 0.25) is 0 Å². The van der Waals surface area contributed by atoms with Crippen molar-refractivity contribution in [3.8, 4) is 0 Å². The standard InChI is InChI=1S/C96H196OS2.Mo/c1-6-11-16-21-26-31-36-41-46-51-56-61-66-71-76-81-86-91-97-96(98)99(92-87-82-77-72-67-62-57-52-47-42-37-32-27-22-17-12-7-2,93-88-83-78-73-68-63-58-53-48-43-38-33-28-23-18-13-8-3,94-89-84-79-74-69-64-59-54-49-44-39-34-29-24-19-14-9-4)95-90-85-80-75-70-65-60-55-50-45-40-35-30-25-20-15-10-5;/h98H,6-95H2,1-5H3;. The summed E-state index contributed by atoms with van der Waals surface area (Å²) in [5, 5.41) is 0. The van der Waals surface area contributed by atoms with Crippen molar-refractivity contribution in [3.63, 3.8) is 0 Å². The van der Waals surface area contributed by atoms with Crippen LogP contribution in [0.2, 0.25) is 0 Å². The monoisotopic (exact) mass is 1530 g/mol. The second kappa shape index (κ2) is 89.1. The van der Waals surface area contributed by atoms with Crippen LogP contribution in [0.5, 0.6) is 0 Å². The molecule has 0 fully saturated rings. The van der Waals surface area contributed by atoms with Crippen LogP contribution < -0.4 is 0 Å². The molecule has 0 saturated carbocycles. The number of rotatable bonds is 90. The number of ether oxygens (including phenoxy) is 1. The topological polar surface area (TPSA) is 9.23 Å². The molecule has 0 aromatic carbocycles. The molecule has 4 heteroatoms. The van der Waals surface area contributed by atoms with Gasteiger partial charge in [0.25, 0.3) is 0 Å². The van der Waals surface area contributed by atoms with Gasteiger partial charge in [0.15, 0.2) is 0 Å². The van der Waals surface area contributed by atoms with E-state index in [1.807, 2.05) is 0 Å². The van der Waals surface area contributed by atoms with Gasteiger partial charge in [-0.05, 0) is 55.1 Å². The van der Waals surface area contributed by atoms with E-state index in [1.165, 1.54) is 573 Å². The summed E-state index contributed by atoms with van der Waals surface area (Å²) >= 11 is 5.91. The molecule has 0 atom stereocenters. The van der Waals surface area contributed by atoms with Crippen molar-refractivity contribution in [2.75, 3.05) is 29.6 Å². The first-order valence-electron chi connectivity index (χ1n) is 48.1. The van der Waals surface area contributed by atoms with E-state index in [0.717, 1.165) is 6.61 Å². The van der Waals surface area contributed by atoms with Crippen LogP contribution in [0.15, 0.2) is 0 Å². The molecule has 0 aromatic heterocycles. The molecule has 604 valence electrons. The number of hydrogen-bond donors (Lipinski definition) is 1. The molecule has 0 rings (SSSR count). The molecule has 0 amide bonds. The molecule has 100 heavy (non-hydrogen) atoms. The maximum atomic E-state index is 7.40. The van der Waals surface area contributed by atoms with Crippen molar-refractivity contribution >= 4 is 25.8 Å². The van der Waals surface area contributed by atoms with Crippen LogP contribution in [0.25, 0.3) is 0 Å². The maximum Gasteiger partial charge on any atom is 0.116 e. The van der Waals surface area contributed by atoms with Crippen LogP contribution in [-0.2, 0) is 25.8 Å². The van der Waals surface area contributed by atoms with Gasteiger partial charge in [0, 0.05) is 21.1 Å².